The third-order valence-corrected chi connectivity index (χ3v) is 11.0. The number of hydrogen-bond donors (Lipinski definition) is 0. The van der Waals surface area contributed by atoms with Crippen LogP contribution in [0.5, 0.6) is 11.5 Å². The van der Waals surface area contributed by atoms with Crippen LogP contribution in [0, 0.1) is 12.1 Å². The topological polar surface area (TPSA) is 46.4 Å². The molecule has 0 fully saturated rings. The predicted octanol–water partition coefficient (Wildman–Crippen LogP) is 11.2. The molecule has 0 bridgehead atoms. The summed E-state index contributed by atoms with van der Waals surface area (Å²) in [6.45, 7) is 13.2. The molecule has 0 unspecified atom stereocenters. The maximum absolute atomic E-state index is 6.72. The van der Waals surface area contributed by atoms with Crippen molar-refractivity contribution >= 4 is 57.1 Å². The monoisotopic (exact) mass is 908 g/mol. The van der Waals surface area contributed by atoms with Gasteiger partial charge in [-0.1, -0.05) is 119 Å². The van der Waals surface area contributed by atoms with Gasteiger partial charge in [-0.05, 0) is 74.8 Å². The first-order valence-corrected chi connectivity index (χ1v) is 18.9. The molecule has 5 aromatic carbocycles. The van der Waals surface area contributed by atoms with Crippen molar-refractivity contribution in [1.82, 2.24) is 14.5 Å². The van der Waals surface area contributed by atoms with Crippen LogP contribution in [0.15, 0.2) is 134 Å². The first kappa shape index (κ1) is 36.0. The molecule has 56 heavy (non-hydrogen) atoms. The van der Waals surface area contributed by atoms with Crippen molar-refractivity contribution < 1.29 is 25.8 Å². The van der Waals surface area contributed by atoms with Gasteiger partial charge in [0.05, 0.1) is 0 Å². The van der Waals surface area contributed by atoms with Crippen LogP contribution in [0.4, 0.5) is 22.9 Å². The van der Waals surface area contributed by atoms with Gasteiger partial charge < -0.3 is 18.9 Å². The van der Waals surface area contributed by atoms with Crippen LogP contribution in [0.2, 0.25) is 0 Å². The van der Waals surface area contributed by atoms with Crippen molar-refractivity contribution in [1.29, 1.82) is 0 Å². The standard InChI is InChI=1S/C48H40BN5O.Pt/c1-47(2,3)31-23-25-50-45(27-31)52-40-17-11-8-15-37(40)38-21-19-33(29-43(38)52)55-34-20-22-42-44(30-34)54(46-28-32(24-26-51-46)48(4,5)6)49-39-16-10-7-13-35(39)36-14-9-12-18-41(36)53(42)49;/h7-28H,1-6H3;/q-2;+2. The van der Waals surface area contributed by atoms with Gasteiger partial charge in [0, 0.05) is 40.7 Å². The Morgan fingerprint density at radius 2 is 1.20 bits per heavy atom. The quantitative estimate of drug-likeness (QED) is 0.130. The predicted molar refractivity (Wildman–Crippen MR) is 226 cm³/mol. The SMILES string of the molecule is CC(C)(C)c1ccnc(N2B3c4ccccc4-c4ccccc4N3c3ccc(Oc4[c-]c5c(cc4)c4ccccc4n5-c4cc(C(C)(C)C)ccn4)[c-]c32)c1.[Pt+2]. The van der Waals surface area contributed by atoms with E-state index >= 15 is 0 Å². The zero-order valence-electron chi connectivity index (χ0n) is 32.2. The second kappa shape index (κ2) is 13.2. The summed E-state index contributed by atoms with van der Waals surface area (Å²) in [6.07, 6.45) is 3.83. The zero-order valence-corrected chi connectivity index (χ0v) is 34.5. The summed E-state index contributed by atoms with van der Waals surface area (Å²) >= 11 is 0. The van der Waals surface area contributed by atoms with Crippen molar-refractivity contribution in [3.8, 4) is 28.4 Å². The van der Waals surface area contributed by atoms with E-state index in [-0.39, 0.29) is 38.9 Å². The van der Waals surface area contributed by atoms with E-state index in [2.05, 4.69) is 177 Å². The number of pyridine rings is 2. The number of ether oxygens (including phenoxy) is 1. The molecule has 0 radical (unpaired) electrons. The minimum Gasteiger partial charge on any atom is -0.509 e. The molecule has 2 aliphatic rings. The summed E-state index contributed by atoms with van der Waals surface area (Å²) in [4.78, 5) is 14.6. The Kier molecular flexibility index (Phi) is 8.52. The number of hydrogen-bond acceptors (Lipinski definition) is 5. The van der Waals surface area contributed by atoms with Crippen molar-refractivity contribution in [2.24, 2.45) is 0 Å². The minimum atomic E-state index is -0.162. The average molecular weight is 909 g/mol. The molecule has 8 heteroatoms. The fourth-order valence-corrected chi connectivity index (χ4v) is 8.24. The molecular weight excluding hydrogens is 868 g/mol. The smallest absolute Gasteiger partial charge is 0.509 e. The minimum absolute atomic E-state index is 0. The normalized spacial score (nSPS) is 13.3. The number of fused-ring (bicyclic) bond motifs is 11. The Bertz CT molecular complexity index is 2820. The van der Waals surface area contributed by atoms with E-state index in [1.807, 2.05) is 24.5 Å². The van der Waals surface area contributed by atoms with Crippen LogP contribution in [0.1, 0.15) is 52.7 Å². The van der Waals surface area contributed by atoms with Gasteiger partial charge in [-0.3, -0.25) is 0 Å². The summed E-state index contributed by atoms with van der Waals surface area (Å²) < 4.78 is 8.92. The summed E-state index contributed by atoms with van der Waals surface area (Å²) in [6, 6.07) is 50.1. The van der Waals surface area contributed by atoms with Crippen molar-refractivity contribution in [3.05, 3.63) is 157 Å². The molecule has 2 aliphatic heterocycles. The zero-order chi connectivity index (χ0) is 37.6. The van der Waals surface area contributed by atoms with E-state index in [4.69, 9.17) is 14.7 Å². The Labute approximate surface area is 343 Å². The van der Waals surface area contributed by atoms with E-state index in [9.17, 15) is 0 Å². The van der Waals surface area contributed by atoms with Gasteiger partial charge in [0.15, 0.2) is 0 Å². The Hall–Kier alpha value is -5.65. The summed E-state index contributed by atoms with van der Waals surface area (Å²) in [5.74, 6) is 2.93. The number of aromatic nitrogens is 3. The second-order valence-electron chi connectivity index (χ2n) is 16.6. The fourth-order valence-electron chi connectivity index (χ4n) is 8.24. The molecule has 8 aromatic rings. The molecule has 10 rings (SSSR count). The molecule has 5 heterocycles. The molecule has 0 saturated heterocycles. The Balaban J connectivity index is 0.00000410. The van der Waals surface area contributed by atoms with Gasteiger partial charge in [-0.15, -0.1) is 35.7 Å². The van der Waals surface area contributed by atoms with E-state index in [1.54, 1.807) is 0 Å². The number of para-hydroxylation sites is 2. The van der Waals surface area contributed by atoms with Crippen molar-refractivity contribution in [2.45, 2.75) is 52.4 Å². The number of rotatable bonds is 4. The summed E-state index contributed by atoms with van der Waals surface area (Å²) in [5, 5.41) is 2.24. The molecule has 0 aliphatic carbocycles. The van der Waals surface area contributed by atoms with Gasteiger partial charge in [0.2, 0.25) is 0 Å². The third-order valence-electron chi connectivity index (χ3n) is 11.0. The average Bonchev–Trinajstić information content (AvgIpc) is 3.70. The van der Waals surface area contributed by atoms with Gasteiger partial charge in [0.1, 0.15) is 11.6 Å². The molecule has 0 amide bonds. The Morgan fingerprint density at radius 1 is 0.571 bits per heavy atom. The van der Waals surface area contributed by atoms with Crippen LogP contribution < -0.4 is 19.8 Å². The van der Waals surface area contributed by atoms with Gasteiger partial charge in [-0.25, -0.2) is 9.97 Å². The number of anilines is 4. The first-order chi connectivity index (χ1) is 26.5. The van der Waals surface area contributed by atoms with Crippen LogP contribution >= 0.6 is 0 Å². The molecule has 6 nitrogen and oxygen atoms in total. The molecule has 3 aromatic heterocycles. The van der Waals surface area contributed by atoms with Crippen LogP contribution in [0.3, 0.4) is 0 Å². The summed E-state index contributed by atoms with van der Waals surface area (Å²) in [5.41, 5.74) is 11.1. The van der Waals surface area contributed by atoms with Crippen LogP contribution in [-0.2, 0) is 31.9 Å². The van der Waals surface area contributed by atoms with E-state index < -0.39 is 0 Å². The third kappa shape index (κ3) is 5.75. The van der Waals surface area contributed by atoms with Crippen LogP contribution in [-0.4, -0.2) is 21.5 Å². The van der Waals surface area contributed by atoms with Gasteiger partial charge >= 0.3 is 28.0 Å². The maximum Gasteiger partial charge on any atom is 2.00 e. The molecule has 276 valence electrons. The first-order valence-electron chi connectivity index (χ1n) is 18.9. The van der Waals surface area contributed by atoms with Gasteiger partial charge in [-0.2, -0.15) is 6.07 Å². The fraction of sp³-hybridized carbons (Fsp3) is 0.167. The van der Waals surface area contributed by atoms with Crippen LogP contribution in [0.25, 0.3) is 38.8 Å². The molecular formula is C48H40BN5OPt. The summed E-state index contributed by atoms with van der Waals surface area (Å²) in [7, 11) is 0. The molecule has 0 N–H and O–H groups in total. The van der Waals surface area contributed by atoms with E-state index in [0.717, 1.165) is 50.5 Å². The second-order valence-corrected chi connectivity index (χ2v) is 16.6. The largest absolute Gasteiger partial charge is 2.00 e. The van der Waals surface area contributed by atoms with E-state index in [1.165, 1.54) is 27.7 Å². The van der Waals surface area contributed by atoms with Gasteiger partial charge in [0.25, 0.3) is 0 Å². The number of nitrogens with zero attached hydrogens (tertiary/aromatic N) is 5. The van der Waals surface area contributed by atoms with Crippen molar-refractivity contribution in [2.75, 3.05) is 9.62 Å². The molecule has 0 spiro atoms. The molecule has 0 saturated carbocycles. The number of benzene rings is 5. The molecule has 0 atom stereocenters. The van der Waals surface area contributed by atoms with Crippen molar-refractivity contribution in [3.63, 3.8) is 0 Å². The maximum atomic E-state index is 6.72. The Morgan fingerprint density at radius 3 is 1.96 bits per heavy atom. The van der Waals surface area contributed by atoms with E-state index in [0.29, 0.717) is 11.5 Å².